The third kappa shape index (κ3) is 3.45. The van der Waals surface area contributed by atoms with Crippen LogP contribution >= 0.6 is 11.3 Å². The summed E-state index contributed by atoms with van der Waals surface area (Å²) in [6.45, 7) is 1.82. The quantitative estimate of drug-likeness (QED) is 0.430. The number of imide groups is 1. The Balaban J connectivity index is 1.68. The smallest absolute Gasteiger partial charge is 0.327 e. The molecule has 4 atom stereocenters. The maximum Gasteiger partial charge on any atom is 0.327 e. The second kappa shape index (κ2) is 8.77. The SMILES string of the molecule is CCOC(=O)[C@@]1(Cc2ccccc2)N[C@@H](c2cccs2)[C@H]2C(=O)N(c3ccccc3F)C(=O)[C@H]21. The Kier molecular flexibility index (Phi) is 5.79. The molecule has 2 aliphatic heterocycles. The van der Waals surface area contributed by atoms with Crippen molar-refractivity contribution in [1.82, 2.24) is 5.32 Å². The van der Waals surface area contributed by atoms with Crippen LogP contribution in [0.25, 0.3) is 0 Å². The molecule has 1 N–H and O–H groups in total. The molecule has 1 aromatic heterocycles. The Hall–Kier alpha value is -3.36. The molecule has 2 fully saturated rings. The van der Waals surface area contributed by atoms with E-state index in [2.05, 4.69) is 5.32 Å². The fourth-order valence-electron chi connectivity index (χ4n) is 5.19. The van der Waals surface area contributed by atoms with Crippen molar-refractivity contribution in [2.45, 2.75) is 24.9 Å². The summed E-state index contributed by atoms with van der Waals surface area (Å²) in [5.41, 5.74) is -0.767. The number of hydrogen-bond acceptors (Lipinski definition) is 6. The second-order valence-electron chi connectivity index (χ2n) is 8.46. The average Bonchev–Trinajstić information content (AvgIpc) is 3.53. The third-order valence-electron chi connectivity index (χ3n) is 6.56. The molecule has 0 aliphatic carbocycles. The zero-order valence-corrected chi connectivity index (χ0v) is 19.3. The number of benzene rings is 2. The molecule has 0 unspecified atom stereocenters. The van der Waals surface area contributed by atoms with E-state index in [9.17, 15) is 18.8 Å². The number of ether oxygens (including phenoxy) is 1. The molecule has 8 heteroatoms. The van der Waals surface area contributed by atoms with E-state index < -0.39 is 47.0 Å². The Labute approximate surface area is 200 Å². The molecular formula is C26H23FN2O4S. The first-order valence-electron chi connectivity index (χ1n) is 11.1. The number of nitrogens with zero attached hydrogens (tertiary/aromatic N) is 1. The molecular weight excluding hydrogens is 455 g/mol. The van der Waals surface area contributed by atoms with E-state index in [0.29, 0.717) is 0 Å². The van der Waals surface area contributed by atoms with E-state index in [1.807, 2.05) is 47.8 Å². The number of anilines is 1. The molecule has 0 saturated carbocycles. The van der Waals surface area contributed by atoms with Crippen molar-refractivity contribution in [3.05, 3.63) is 88.4 Å². The number of halogens is 1. The van der Waals surface area contributed by atoms with Gasteiger partial charge in [-0.2, -0.15) is 0 Å². The maximum absolute atomic E-state index is 14.7. The summed E-state index contributed by atoms with van der Waals surface area (Å²) < 4.78 is 20.2. The summed E-state index contributed by atoms with van der Waals surface area (Å²) in [6.07, 6.45) is 0.153. The zero-order chi connectivity index (χ0) is 23.9. The van der Waals surface area contributed by atoms with Gasteiger partial charge in [-0.15, -0.1) is 11.3 Å². The standard InChI is InChI=1S/C26H23FN2O4S/c1-2-33-25(32)26(15-16-9-4-3-5-10-16)21-20(22(28-26)19-13-8-14-34-19)23(30)29(24(21)31)18-12-7-6-11-17(18)27/h3-14,20-22,28H,2,15H2,1H3/t20-,21-,22-,26-/m0/s1. The van der Waals surface area contributed by atoms with Gasteiger partial charge < -0.3 is 4.74 Å². The first-order valence-corrected chi connectivity index (χ1v) is 12.0. The molecule has 2 saturated heterocycles. The molecule has 34 heavy (non-hydrogen) atoms. The zero-order valence-electron chi connectivity index (χ0n) is 18.4. The number of rotatable bonds is 6. The van der Waals surface area contributed by atoms with E-state index in [0.717, 1.165) is 15.3 Å². The van der Waals surface area contributed by atoms with E-state index in [1.165, 1.54) is 29.5 Å². The molecule has 2 aromatic carbocycles. The topological polar surface area (TPSA) is 75.7 Å². The molecule has 2 amide bonds. The Morgan fingerprint density at radius 1 is 1.06 bits per heavy atom. The molecule has 0 bridgehead atoms. The summed E-state index contributed by atoms with van der Waals surface area (Å²) in [4.78, 5) is 42.9. The van der Waals surface area contributed by atoms with Crippen LogP contribution in [-0.2, 0) is 25.5 Å². The molecule has 3 heterocycles. The summed E-state index contributed by atoms with van der Waals surface area (Å²) in [7, 11) is 0. The highest BCUT2D eigenvalue weighted by Gasteiger charge is 2.69. The first kappa shape index (κ1) is 22.4. The van der Waals surface area contributed by atoms with E-state index in [-0.39, 0.29) is 18.7 Å². The summed E-state index contributed by atoms with van der Waals surface area (Å²) in [6, 6.07) is 18.1. The van der Waals surface area contributed by atoms with Crippen LogP contribution in [-0.4, -0.2) is 29.9 Å². The van der Waals surface area contributed by atoms with Gasteiger partial charge in [-0.25, -0.2) is 9.29 Å². The van der Waals surface area contributed by atoms with E-state index in [1.54, 1.807) is 13.0 Å². The predicted molar refractivity (Wildman–Crippen MR) is 126 cm³/mol. The van der Waals surface area contributed by atoms with Gasteiger partial charge in [0.2, 0.25) is 11.8 Å². The highest BCUT2D eigenvalue weighted by molar-refractivity contribution is 7.10. The Bertz CT molecular complexity index is 1230. The molecule has 2 aliphatic rings. The van der Waals surface area contributed by atoms with Crippen molar-refractivity contribution in [2.75, 3.05) is 11.5 Å². The van der Waals surface area contributed by atoms with Gasteiger partial charge in [-0.05, 0) is 36.1 Å². The number of carbonyl (C=O) groups excluding carboxylic acids is 3. The average molecular weight is 479 g/mol. The lowest BCUT2D eigenvalue weighted by Crippen LogP contribution is -2.58. The normalized spacial score (nSPS) is 26.1. The van der Waals surface area contributed by atoms with Crippen LogP contribution in [0.2, 0.25) is 0 Å². The predicted octanol–water partition coefficient (Wildman–Crippen LogP) is 3.88. The molecule has 3 aromatic rings. The van der Waals surface area contributed by atoms with Gasteiger partial charge in [0.1, 0.15) is 11.4 Å². The summed E-state index contributed by atoms with van der Waals surface area (Å²) in [5, 5.41) is 5.24. The van der Waals surface area contributed by atoms with Gasteiger partial charge in [-0.3, -0.25) is 19.7 Å². The van der Waals surface area contributed by atoms with Crippen LogP contribution in [0, 0.1) is 17.7 Å². The number of amides is 2. The van der Waals surface area contributed by atoms with Gasteiger partial charge in [-0.1, -0.05) is 48.5 Å². The van der Waals surface area contributed by atoms with Gasteiger partial charge in [0, 0.05) is 11.3 Å². The molecule has 0 spiro atoms. The van der Waals surface area contributed by atoms with Crippen molar-refractivity contribution < 1.29 is 23.5 Å². The number of carbonyl (C=O) groups is 3. The van der Waals surface area contributed by atoms with Crippen LogP contribution in [0.3, 0.4) is 0 Å². The Morgan fingerprint density at radius 3 is 2.47 bits per heavy atom. The molecule has 6 nitrogen and oxygen atoms in total. The second-order valence-corrected chi connectivity index (χ2v) is 9.44. The van der Waals surface area contributed by atoms with E-state index >= 15 is 0 Å². The largest absolute Gasteiger partial charge is 0.465 e. The Morgan fingerprint density at radius 2 is 1.79 bits per heavy atom. The first-order chi connectivity index (χ1) is 16.5. The number of fused-ring (bicyclic) bond motifs is 1. The number of hydrogen-bond donors (Lipinski definition) is 1. The highest BCUT2D eigenvalue weighted by atomic mass is 32.1. The minimum Gasteiger partial charge on any atom is -0.465 e. The van der Waals surface area contributed by atoms with Crippen LogP contribution in [0.4, 0.5) is 10.1 Å². The fourth-order valence-corrected chi connectivity index (χ4v) is 6.01. The highest BCUT2D eigenvalue weighted by Crippen LogP contribution is 2.52. The number of thiophene rings is 1. The van der Waals surface area contributed by atoms with E-state index in [4.69, 9.17) is 4.74 Å². The van der Waals surface area contributed by atoms with Crippen LogP contribution < -0.4 is 10.2 Å². The lowest BCUT2D eigenvalue weighted by atomic mass is 9.76. The molecule has 0 radical (unpaired) electrons. The fraction of sp³-hybridized carbons (Fsp3) is 0.269. The minimum absolute atomic E-state index is 0.103. The van der Waals surface area contributed by atoms with Gasteiger partial charge in [0.25, 0.3) is 0 Å². The molecule has 174 valence electrons. The van der Waals surface area contributed by atoms with Crippen molar-refractivity contribution in [2.24, 2.45) is 11.8 Å². The summed E-state index contributed by atoms with van der Waals surface area (Å²) >= 11 is 1.43. The van der Waals surface area contributed by atoms with Crippen molar-refractivity contribution in [3.8, 4) is 0 Å². The number of para-hydroxylation sites is 1. The van der Waals surface area contributed by atoms with Crippen molar-refractivity contribution in [1.29, 1.82) is 0 Å². The third-order valence-corrected chi connectivity index (χ3v) is 7.52. The number of nitrogens with one attached hydrogen (secondary N) is 1. The van der Waals surface area contributed by atoms with Crippen LogP contribution in [0.1, 0.15) is 23.4 Å². The lowest BCUT2D eigenvalue weighted by molar-refractivity contribution is -0.154. The summed E-state index contributed by atoms with van der Waals surface area (Å²) in [5.74, 6) is -4.32. The number of esters is 1. The van der Waals surface area contributed by atoms with Crippen molar-refractivity contribution in [3.63, 3.8) is 0 Å². The van der Waals surface area contributed by atoms with Gasteiger partial charge in [0.05, 0.1) is 30.2 Å². The maximum atomic E-state index is 14.7. The van der Waals surface area contributed by atoms with Gasteiger partial charge in [0.15, 0.2) is 0 Å². The monoisotopic (exact) mass is 478 g/mol. The van der Waals surface area contributed by atoms with Crippen LogP contribution in [0.5, 0.6) is 0 Å². The lowest BCUT2D eigenvalue weighted by Gasteiger charge is -2.33. The van der Waals surface area contributed by atoms with Crippen molar-refractivity contribution >= 4 is 34.8 Å². The van der Waals surface area contributed by atoms with Crippen LogP contribution in [0.15, 0.2) is 72.1 Å². The molecule has 5 rings (SSSR count). The van der Waals surface area contributed by atoms with Gasteiger partial charge >= 0.3 is 5.97 Å². The minimum atomic E-state index is -1.48.